The minimum Gasteiger partial charge on any atom is -0.481 e. The van der Waals surface area contributed by atoms with Crippen LogP contribution in [0.2, 0.25) is 0 Å². The molecule has 2 rings (SSSR count). The summed E-state index contributed by atoms with van der Waals surface area (Å²) in [5, 5.41) is 11.2. The number of sulfonamides is 1. The van der Waals surface area contributed by atoms with Gasteiger partial charge in [0.15, 0.2) is 0 Å². The van der Waals surface area contributed by atoms with Crippen LogP contribution in [0.25, 0.3) is 0 Å². The summed E-state index contributed by atoms with van der Waals surface area (Å²) in [6.45, 7) is 3.71. The van der Waals surface area contributed by atoms with Gasteiger partial charge in [0.2, 0.25) is 0 Å². The maximum Gasteiger partial charge on any atom is 0.303 e. The fourth-order valence-corrected chi connectivity index (χ4v) is 3.81. The maximum absolute atomic E-state index is 12.7. The van der Waals surface area contributed by atoms with Gasteiger partial charge in [0.05, 0.1) is 4.90 Å². The first-order valence-corrected chi connectivity index (χ1v) is 9.87. The maximum atomic E-state index is 12.7. The summed E-state index contributed by atoms with van der Waals surface area (Å²) < 4.78 is 28.0. The molecule has 0 bridgehead atoms. The van der Waals surface area contributed by atoms with Gasteiger partial charge < -0.3 is 10.4 Å². The van der Waals surface area contributed by atoms with E-state index in [-0.39, 0.29) is 23.4 Å². The zero-order chi connectivity index (χ0) is 20.0. The third-order valence-corrected chi connectivity index (χ3v) is 5.39. The fraction of sp³-hybridized carbons (Fsp3) is 0.263. The quantitative estimate of drug-likeness (QED) is 0.600. The van der Waals surface area contributed by atoms with E-state index in [0.717, 1.165) is 5.56 Å². The van der Waals surface area contributed by atoms with E-state index in [4.69, 9.17) is 5.11 Å². The van der Waals surface area contributed by atoms with E-state index < -0.39 is 21.9 Å². The number of carbonyl (C=O) groups excluding carboxylic acids is 1. The summed E-state index contributed by atoms with van der Waals surface area (Å²) >= 11 is 0. The van der Waals surface area contributed by atoms with Crippen molar-refractivity contribution in [1.82, 2.24) is 5.32 Å². The van der Waals surface area contributed by atoms with Crippen LogP contribution < -0.4 is 10.0 Å². The van der Waals surface area contributed by atoms with E-state index in [1.54, 1.807) is 31.2 Å². The SMILES string of the molecule is Cc1cccc(NS(=O)(=O)c2cc(C(=O)NCCCC(=O)O)ccc2C)c1. The highest BCUT2D eigenvalue weighted by atomic mass is 32.2. The summed E-state index contributed by atoms with van der Waals surface area (Å²) in [4.78, 5) is 22.7. The van der Waals surface area contributed by atoms with Gasteiger partial charge in [0, 0.05) is 24.2 Å². The van der Waals surface area contributed by atoms with Crippen LogP contribution in [0.1, 0.15) is 34.3 Å². The van der Waals surface area contributed by atoms with Gasteiger partial charge in [-0.15, -0.1) is 0 Å². The van der Waals surface area contributed by atoms with Gasteiger partial charge in [0.25, 0.3) is 15.9 Å². The third kappa shape index (κ3) is 5.82. The minimum atomic E-state index is -3.86. The Balaban J connectivity index is 2.18. The number of carboxylic acid groups (broad SMARTS) is 1. The largest absolute Gasteiger partial charge is 0.481 e. The molecule has 0 saturated heterocycles. The number of amides is 1. The van der Waals surface area contributed by atoms with Gasteiger partial charge in [0.1, 0.15) is 0 Å². The summed E-state index contributed by atoms with van der Waals surface area (Å²) in [7, 11) is -3.86. The Labute approximate surface area is 158 Å². The van der Waals surface area contributed by atoms with Gasteiger partial charge in [-0.3, -0.25) is 14.3 Å². The van der Waals surface area contributed by atoms with Crippen LogP contribution in [-0.2, 0) is 14.8 Å². The van der Waals surface area contributed by atoms with Crippen LogP contribution in [0.3, 0.4) is 0 Å². The zero-order valence-corrected chi connectivity index (χ0v) is 16.0. The molecule has 0 saturated carbocycles. The second kappa shape index (κ2) is 8.68. The molecule has 3 N–H and O–H groups in total. The molecule has 2 aromatic carbocycles. The lowest BCUT2D eigenvalue weighted by Gasteiger charge is -2.12. The van der Waals surface area contributed by atoms with Gasteiger partial charge >= 0.3 is 5.97 Å². The van der Waals surface area contributed by atoms with Crippen LogP contribution in [0.4, 0.5) is 5.69 Å². The molecular weight excluding hydrogens is 368 g/mol. The molecule has 2 aromatic rings. The van der Waals surface area contributed by atoms with Crippen LogP contribution in [-0.4, -0.2) is 31.9 Å². The van der Waals surface area contributed by atoms with Gasteiger partial charge in [-0.2, -0.15) is 0 Å². The second-order valence-electron chi connectivity index (χ2n) is 6.21. The van der Waals surface area contributed by atoms with E-state index in [2.05, 4.69) is 10.0 Å². The summed E-state index contributed by atoms with van der Waals surface area (Å²) in [6.07, 6.45) is 0.251. The van der Waals surface area contributed by atoms with Crippen molar-refractivity contribution >= 4 is 27.6 Å². The summed E-state index contributed by atoms with van der Waals surface area (Å²) in [5.74, 6) is -1.39. The molecule has 0 atom stereocenters. The number of carbonyl (C=O) groups is 2. The van der Waals surface area contributed by atoms with Crippen molar-refractivity contribution in [2.24, 2.45) is 0 Å². The molecule has 27 heavy (non-hydrogen) atoms. The Morgan fingerprint density at radius 3 is 2.48 bits per heavy atom. The first-order chi connectivity index (χ1) is 12.7. The lowest BCUT2D eigenvalue weighted by atomic mass is 10.1. The molecule has 0 aliphatic rings. The van der Waals surface area contributed by atoms with Crippen molar-refractivity contribution in [3.8, 4) is 0 Å². The second-order valence-corrected chi connectivity index (χ2v) is 7.86. The molecule has 0 aliphatic carbocycles. The first kappa shape index (κ1) is 20.4. The summed E-state index contributed by atoms with van der Waals surface area (Å²) in [6, 6.07) is 11.4. The third-order valence-electron chi connectivity index (χ3n) is 3.86. The molecule has 0 aromatic heterocycles. The smallest absolute Gasteiger partial charge is 0.303 e. The van der Waals surface area contributed by atoms with Crippen molar-refractivity contribution in [3.63, 3.8) is 0 Å². The van der Waals surface area contributed by atoms with Crippen LogP contribution >= 0.6 is 0 Å². The molecule has 0 aliphatic heterocycles. The molecule has 0 heterocycles. The topological polar surface area (TPSA) is 113 Å². The van der Waals surface area contributed by atoms with Gasteiger partial charge in [-0.1, -0.05) is 18.2 Å². The van der Waals surface area contributed by atoms with E-state index in [0.29, 0.717) is 17.7 Å². The number of anilines is 1. The highest BCUT2D eigenvalue weighted by Crippen LogP contribution is 2.21. The van der Waals surface area contributed by atoms with E-state index in [9.17, 15) is 18.0 Å². The van der Waals surface area contributed by atoms with Crippen molar-refractivity contribution in [2.75, 3.05) is 11.3 Å². The van der Waals surface area contributed by atoms with E-state index in [1.807, 2.05) is 13.0 Å². The Hall–Kier alpha value is -2.87. The standard InChI is InChI=1S/C19H22N2O5S/c1-13-5-3-6-16(11-13)21-27(25,26)17-12-15(9-8-14(17)2)19(24)20-10-4-7-18(22)23/h3,5-6,8-9,11-12,21H,4,7,10H2,1-2H3,(H,20,24)(H,22,23). The molecule has 8 heteroatoms. The normalized spacial score (nSPS) is 11.0. The van der Waals surface area contributed by atoms with Gasteiger partial charge in [-0.25, -0.2) is 8.42 Å². The molecule has 0 spiro atoms. The molecule has 0 fully saturated rings. The zero-order valence-electron chi connectivity index (χ0n) is 15.2. The first-order valence-electron chi connectivity index (χ1n) is 8.39. The predicted molar refractivity (Wildman–Crippen MR) is 102 cm³/mol. The van der Waals surface area contributed by atoms with Gasteiger partial charge in [-0.05, 0) is 55.7 Å². The van der Waals surface area contributed by atoms with Crippen LogP contribution in [0.5, 0.6) is 0 Å². The molecule has 7 nitrogen and oxygen atoms in total. The Kier molecular flexibility index (Phi) is 6.57. The highest BCUT2D eigenvalue weighted by Gasteiger charge is 2.19. The number of benzene rings is 2. The summed E-state index contributed by atoms with van der Waals surface area (Å²) in [5.41, 5.74) is 2.07. The lowest BCUT2D eigenvalue weighted by molar-refractivity contribution is -0.137. The van der Waals surface area contributed by atoms with Crippen molar-refractivity contribution in [1.29, 1.82) is 0 Å². The Morgan fingerprint density at radius 1 is 1.07 bits per heavy atom. The van der Waals surface area contributed by atoms with E-state index >= 15 is 0 Å². The Morgan fingerprint density at radius 2 is 1.81 bits per heavy atom. The molecule has 0 radical (unpaired) electrons. The molecule has 0 unspecified atom stereocenters. The highest BCUT2D eigenvalue weighted by molar-refractivity contribution is 7.92. The fourth-order valence-electron chi connectivity index (χ4n) is 2.49. The molecular formula is C19H22N2O5S. The predicted octanol–water partition coefficient (Wildman–Crippen LogP) is 2.70. The lowest BCUT2D eigenvalue weighted by Crippen LogP contribution is -2.25. The number of rotatable bonds is 8. The number of aliphatic carboxylic acids is 1. The minimum absolute atomic E-state index is 0.0159. The van der Waals surface area contributed by atoms with Crippen molar-refractivity contribution in [3.05, 3.63) is 59.2 Å². The Bertz CT molecular complexity index is 954. The van der Waals surface area contributed by atoms with Crippen LogP contribution in [0, 0.1) is 13.8 Å². The average Bonchev–Trinajstić information content (AvgIpc) is 2.58. The number of nitrogens with one attached hydrogen (secondary N) is 2. The molecule has 144 valence electrons. The number of hydrogen-bond acceptors (Lipinski definition) is 4. The number of aryl methyl sites for hydroxylation is 2. The monoisotopic (exact) mass is 390 g/mol. The number of hydrogen-bond donors (Lipinski definition) is 3. The van der Waals surface area contributed by atoms with E-state index in [1.165, 1.54) is 12.1 Å². The van der Waals surface area contributed by atoms with Crippen molar-refractivity contribution < 1.29 is 23.1 Å². The average molecular weight is 390 g/mol. The van der Waals surface area contributed by atoms with Crippen molar-refractivity contribution in [2.45, 2.75) is 31.6 Å². The van der Waals surface area contributed by atoms with Crippen LogP contribution in [0.15, 0.2) is 47.4 Å². The number of carboxylic acids is 1. The molecule has 1 amide bonds.